The van der Waals surface area contributed by atoms with Gasteiger partial charge in [0, 0.05) is 0 Å². The molecule has 1 saturated heterocycles. The minimum Gasteiger partial charge on any atom is -0.497 e. The normalized spacial score (nSPS) is 23.9. The van der Waals surface area contributed by atoms with Crippen molar-refractivity contribution in [2.75, 3.05) is 13.9 Å². The Morgan fingerprint density at radius 3 is 2.67 bits per heavy atom. The van der Waals surface area contributed by atoms with Crippen molar-refractivity contribution in [1.29, 1.82) is 0 Å². The van der Waals surface area contributed by atoms with E-state index in [1.54, 1.807) is 25.3 Å². The van der Waals surface area contributed by atoms with Gasteiger partial charge in [0.25, 0.3) is 0 Å². The number of halogens is 1. The molecule has 2 atom stereocenters. The fourth-order valence-electron chi connectivity index (χ4n) is 3.91. The first-order valence-corrected chi connectivity index (χ1v) is 10.1. The monoisotopic (exact) mass is 430 g/mol. The maximum Gasteiger partial charge on any atom is 0.317 e. The van der Waals surface area contributed by atoms with Crippen LogP contribution in [0.25, 0.3) is 6.08 Å². The number of aliphatic hydroxyl groups is 1. The number of ether oxygens (including phenoxy) is 4. The van der Waals surface area contributed by atoms with E-state index in [1.165, 1.54) is 0 Å². The fourth-order valence-corrected chi connectivity index (χ4v) is 4.20. The highest BCUT2D eigenvalue weighted by Gasteiger charge is 2.55. The Morgan fingerprint density at radius 2 is 2.00 bits per heavy atom. The summed E-state index contributed by atoms with van der Waals surface area (Å²) < 4.78 is 21.5. The van der Waals surface area contributed by atoms with Crippen molar-refractivity contribution in [3.8, 4) is 17.2 Å². The van der Waals surface area contributed by atoms with Crippen LogP contribution in [0.3, 0.4) is 0 Å². The van der Waals surface area contributed by atoms with E-state index in [-0.39, 0.29) is 24.9 Å². The quantitative estimate of drug-likeness (QED) is 0.716. The zero-order chi connectivity index (χ0) is 21.5. The number of rotatable bonds is 5. The van der Waals surface area contributed by atoms with Crippen molar-refractivity contribution in [2.24, 2.45) is 11.8 Å². The molecular weight excluding hydrogens is 408 g/mol. The zero-order valence-corrected chi connectivity index (χ0v) is 17.7. The van der Waals surface area contributed by atoms with Crippen LogP contribution in [-0.2, 0) is 16.0 Å². The largest absolute Gasteiger partial charge is 0.497 e. The van der Waals surface area contributed by atoms with E-state index >= 15 is 0 Å². The molecule has 0 saturated carbocycles. The Hall–Kier alpha value is -2.70. The van der Waals surface area contributed by atoms with Gasteiger partial charge in [-0.1, -0.05) is 37.6 Å². The summed E-state index contributed by atoms with van der Waals surface area (Å²) >= 11 is 6.29. The first-order valence-electron chi connectivity index (χ1n) is 9.71. The molecule has 0 aliphatic carbocycles. The van der Waals surface area contributed by atoms with Gasteiger partial charge in [-0.15, -0.1) is 0 Å². The van der Waals surface area contributed by atoms with Crippen LogP contribution in [0.15, 0.2) is 42.2 Å². The molecule has 2 aliphatic rings. The summed E-state index contributed by atoms with van der Waals surface area (Å²) in [6, 6.07) is 10.8. The Bertz CT molecular complexity index is 997. The van der Waals surface area contributed by atoms with Gasteiger partial charge >= 0.3 is 5.97 Å². The highest BCUT2D eigenvalue weighted by molar-refractivity contribution is 6.32. The summed E-state index contributed by atoms with van der Waals surface area (Å²) in [4.78, 5) is 12.8. The van der Waals surface area contributed by atoms with Crippen LogP contribution in [0.2, 0.25) is 5.02 Å². The second-order valence-corrected chi connectivity index (χ2v) is 8.16. The van der Waals surface area contributed by atoms with Crippen molar-refractivity contribution in [3.05, 3.63) is 58.3 Å². The lowest BCUT2D eigenvalue weighted by Crippen LogP contribution is -2.43. The van der Waals surface area contributed by atoms with Gasteiger partial charge in [-0.2, -0.15) is 0 Å². The molecule has 0 bridgehead atoms. The van der Waals surface area contributed by atoms with Crippen molar-refractivity contribution in [1.82, 2.24) is 0 Å². The lowest BCUT2D eigenvalue weighted by atomic mass is 9.75. The summed E-state index contributed by atoms with van der Waals surface area (Å²) in [7, 11) is 1.59. The zero-order valence-electron chi connectivity index (χ0n) is 17.0. The van der Waals surface area contributed by atoms with Gasteiger partial charge in [0.05, 0.1) is 18.1 Å². The standard InChI is InChI=1S/C23H23ClO6/c1-13(2)23(26)17(8-15-9-18(24)21-19(10-15)28-12-29-21)22(25)30-20(23)11-14-4-6-16(27-3)7-5-14/h4-7,9-11,13,17,26H,8,12H2,1-3H3/b20-11-/t17?,23-/m0/s1. The molecule has 0 radical (unpaired) electrons. The number of hydrogen-bond acceptors (Lipinski definition) is 6. The molecule has 2 heterocycles. The van der Waals surface area contributed by atoms with Crippen LogP contribution in [0.1, 0.15) is 25.0 Å². The molecule has 0 aromatic heterocycles. The Kier molecular flexibility index (Phi) is 5.38. The van der Waals surface area contributed by atoms with E-state index in [0.717, 1.165) is 16.9 Å². The van der Waals surface area contributed by atoms with Crippen LogP contribution in [-0.4, -0.2) is 30.6 Å². The number of methoxy groups -OCH3 is 1. The summed E-state index contributed by atoms with van der Waals surface area (Å²) in [6.07, 6.45) is 1.95. The van der Waals surface area contributed by atoms with Crippen LogP contribution < -0.4 is 14.2 Å². The highest BCUT2D eigenvalue weighted by Crippen LogP contribution is 2.46. The average Bonchev–Trinajstić information content (AvgIpc) is 3.28. The van der Waals surface area contributed by atoms with Crippen molar-refractivity contribution in [3.63, 3.8) is 0 Å². The average molecular weight is 431 g/mol. The van der Waals surface area contributed by atoms with Gasteiger partial charge < -0.3 is 24.1 Å². The smallest absolute Gasteiger partial charge is 0.317 e. The van der Waals surface area contributed by atoms with Gasteiger partial charge in [0.2, 0.25) is 6.79 Å². The SMILES string of the molecule is COc1ccc(/C=C2\OC(=O)C(Cc3cc(Cl)c4c(c3)OCO4)[C@@]2(O)C(C)C)cc1. The van der Waals surface area contributed by atoms with Gasteiger partial charge in [-0.3, -0.25) is 4.79 Å². The van der Waals surface area contributed by atoms with E-state index in [1.807, 2.05) is 38.1 Å². The Morgan fingerprint density at radius 1 is 1.27 bits per heavy atom. The lowest BCUT2D eigenvalue weighted by molar-refractivity contribution is -0.140. The predicted molar refractivity (Wildman–Crippen MR) is 112 cm³/mol. The molecule has 1 N–H and O–H groups in total. The molecule has 2 aromatic carbocycles. The molecule has 1 unspecified atom stereocenters. The van der Waals surface area contributed by atoms with E-state index in [0.29, 0.717) is 16.5 Å². The number of benzene rings is 2. The van der Waals surface area contributed by atoms with Gasteiger partial charge in [-0.05, 0) is 53.8 Å². The third-order valence-electron chi connectivity index (χ3n) is 5.64. The minimum absolute atomic E-state index is 0.106. The molecule has 30 heavy (non-hydrogen) atoms. The van der Waals surface area contributed by atoms with E-state index in [4.69, 9.17) is 30.5 Å². The third-order valence-corrected chi connectivity index (χ3v) is 5.92. The number of hydrogen-bond donors (Lipinski definition) is 1. The summed E-state index contributed by atoms with van der Waals surface area (Å²) in [5.74, 6) is 0.474. The Labute approximate surface area is 180 Å². The van der Waals surface area contributed by atoms with E-state index in [9.17, 15) is 9.90 Å². The number of fused-ring (bicyclic) bond motifs is 1. The second kappa shape index (κ2) is 7.85. The van der Waals surface area contributed by atoms with E-state index in [2.05, 4.69) is 0 Å². The summed E-state index contributed by atoms with van der Waals surface area (Å²) in [6.45, 7) is 3.83. The van der Waals surface area contributed by atoms with Gasteiger partial charge in [0.1, 0.15) is 17.1 Å². The summed E-state index contributed by atoms with van der Waals surface area (Å²) in [5, 5.41) is 12.0. The number of cyclic esters (lactones) is 1. The topological polar surface area (TPSA) is 74.2 Å². The van der Waals surface area contributed by atoms with Crippen LogP contribution in [0.4, 0.5) is 0 Å². The molecule has 2 aromatic rings. The molecule has 2 aliphatic heterocycles. The van der Waals surface area contributed by atoms with Gasteiger partial charge in [0.15, 0.2) is 11.5 Å². The highest BCUT2D eigenvalue weighted by atomic mass is 35.5. The molecule has 158 valence electrons. The predicted octanol–water partition coefficient (Wildman–Crippen LogP) is 4.22. The molecule has 0 spiro atoms. The molecule has 1 fully saturated rings. The number of esters is 1. The molecule has 6 nitrogen and oxygen atoms in total. The molecule has 7 heteroatoms. The molecule has 4 rings (SSSR count). The number of carbonyl (C=O) groups is 1. The molecule has 0 amide bonds. The number of carbonyl (C=O) groups excluding carboxylic acids is 1. The second-order valence-electron chi connectivity index (χ2n) is 7.75. The van der Waals surface area contributed by atoms with Crippen molar-refractivity contribution in [2.45, 2.75) is 25.9 Å². The van der Waals surface area contributed by atoms with Gasteiger partial charge in [-0.25, -0.2) is 0 Å². The first-order chi connectivity index (χ1) is 14.3. The van der Waals surface area contributed by atoms with E-state index < -0.39 is 17.5 Å². The van der Waals surface area contributed by atoms with Crippen LogP contribution >= 0.6 is 11.6 Å². The van der Waals surface area contributed by atoms with Crippen molar-refractivity contribution >= 4 is 23.6 Å². The van der Waals surface area contributed by atoms with Crippen LogP contribution in [0.5, 0.6) is 17.2 Å². The maximum absolute atomic E-state index is 12.8. The molecular formula is C23H23ClO6. The fraction of sp³-hybridized carbons (Fsp3) is 0.348. The lowest BCUT2D eigenvalue weighted by Gasteiger charge is -2.31. The first kappa shape index (κ1) is 20.6. The summed E-state index contributed by atoms with van der Waals surface area (Å²) in [5.41, 5.74) is 0.0975. The maximum atomic E-state index is 12.8. The minimum atomic E-state index is -1.46. The van der Waals surface area contributed by atoms with Crippen LogP contribution in [0, 0.1) is 11.8 Å². The van der Waals surface area contributed by atoms with Crippen molar-refractivity contribution < 1.29 is 28.8 Å². The Balaban J connectivity index is 1.67. The third kappa shape index (κ3) is 3.50.